The Morgan fingerprint density at radius 2 is 1.80 bits per heavy atom. The lowest BCUT2D eigenvalue weighted by Crippen LogP contribution is -2.17. The average molecular weight is 354 g/mol. The molecule has 0 N–H and O–H groups in total. The van der Waals surface area contributed by atoms with Gasteiger partial charge in [-0.1, -0.05) is 30.8 Å². The van der Waals surface area contributed by atoms with Gasteiger partial charge in [-0.05, 0) is 41.8 Å². The number of benzene rings is 2. The van der Waals surface area contributed by atoms with E-state index in [-0.39, 0.29) is 12.2 Å². The first-order valence-electron chi connectivity index (χ1n) is 7.13. The van der Waals surface area contributed by atoms with Crippen LogP contribution in [0.5, 0.6) is 5.75 Å². The Bertz CT molecular complexity index is 797. The Morgan fingerprint density at radius 1 is 1.12 bits per heavy atom. The van der Waals surface area contributed by atoms with Crippen molar-refractivity contribution >= 4 is 5.97 Å². The minimum Gasteiger partial charge on any atom is -0.457 e. The maximum Gasteiger partial charge on any atom is 0.573 e. The number of ether oxygens (including phenoxy) is 2. The van der Waals surface area contributed by atoms with Gasteiger partial charge in [0, 0.05) is 5.57 Å². The fourth-order valence-electron chi connectivity index (χ4n) is 2.00. The molecule has 0 radical (unpaired) electrons. The number of halogens is 4. The molecule has 0 spiro atoms. The fraction of sp³-hybridized carbons (Fsp3) is 0.167. The summed E-state index contributed by atoms with van der Waals surface area (Å²) in [4.78, 5) is 11.4. The molecule has 132 valence electrons. The van der Waals surface area contributed by atoms with Crippen molar-refractivity contribution in [3.63, 3.8) is 0 Å². The van der Waals surface area contributed by atoms with Crippen LogP contribution in [0.1, 0.15) is 12.5 Å². The third-order valence-corrected chi connectivity index (χ3v) is 3.14. The van der Waals surface area contributed by atoms with Gasteiger partial charge in [-0.3, -0.25) is 0 Å². The zero-order valence-electron chi connectivity index (χ0n) is 13.2. The molecule has 0 amide bonds. The van der Waals surface area contributed by atoms with Gasteiger partial charge in [0.1, 0.15) is 6.61 Å². The van der Waals surface area contributed by atoms with Crippen molar-refractivity contribution in [2.24, 2.45) is 0 Å². The van der Waals surface area contributed by atoms with Crippen molar-refractivity contribution in [3.8, 4) is 16.9 Å². The maximum atomic E-state index is 13.8. The molecule has 2 rings (SSSR count). The fourth-order valence-corrected chi connectivity index (χ4v) is 2.00. The monoisotopic (exact) mass is 354 g/mol. The molecule has 0 atom stereocenters. The zero-order valence-corrected chi connectivity index (χ0v) is 13.2. The third-order valence-electron chi connectivity index (χ3n) is 3.14. The normalized spacial score (nSPS) is 11.1. The first-order chi connectivity index (χ1) is 11.7. The molecule has 0 fully saturated rings. The summed E-state index contributed by atoms with van der Waals surface area (Å²) in [7, 11) is 0. The van der Waals surface area contributed by atoms with Crippen LogP contribution in [0, 0.1) is 5.82 Å². The van der Waals surface area contributed by atoms with E-state index in [2.05, 4.69) is 11.3 Å². The minimum atomic E-state index is -4.96. The Kier molecular flexibility index (Phi) is 5.46. The number of esters is 1. The number of hydrogen-bond acceptors (Lipinski definition) is 3. The molecule has 0 saturated carbocycles. The summed E-state index contributed by atoms with van der Waals surface area (Å²) in [6.07, 6.45) is -4.96. The van der Waals surface area contributed by atoms with Crippen LogP contribution in [-0.4, -0.2) is 12.3 Å². The van der Waals surface area contributed by atoms with E-state index in [9.17, 15) is 22.4 Å². The molecule has 0 saturated heterocycles. The van der Waals surface area contributed by atoms with Crippen LogP contribution < -0.4 is 4.74 Å². The summed E-state index contributed by atoms with van der Waals surface area (Å²) in [5.74, 6) is -2.57. The van der Waals surface area contributed by atoms with Crippen molar-refractivity contribution in [1.82, 2.24) is 0 Å². The van der Waals surface area contributed by atoms with Crippen LogP contribution in [0.25, 0.3) is 11.1 Å². The van der Waals surface area contributed by atoms with Crippen LogP contribution in [0.4, 0.5) is 17.6 Å². The zero-order chi connectivity index (χ0) is 18.6. The lowest BCUT2D eigenvalue weighted by atomic mass is 10.0. The van der Waals surface area contributed by atoms with E-state index >= 15 is 0 Å². The van der Waals surface area contributed by atoms with Crippen LogP contribution in [-0.2, 0) is 16.1 Å². The topological polar surface area (TPSA) is 35.5 Å². The van der Waals surface area contributed by atoms with Crippen molar-refractivity contribution in [2.75, 3.05) is 0 Å². The second-order valence-electron chi connectivity index (χ2n) is 5.25. The Hall–Kier alpha value is -2.83. The van der Waals surface area contributed by atoms with Gasteiger partial charge in [0.05, 0.1) is 0 Å². The molecular formula is C18H14F4O3. The maximum absolute atomic E-state index is 13.8. The van der Waals surface area contributed by atoms with Crippen LogP contribution in [0.2, 0.25) is 0 Å². The molecule has 0 unspecified atom stereocenters. The summed E-state index contributed by atoms with van der Waals surface area (Å²) >= 11 is 0. The van der Waals surface area contributed by atoms with Crippen LogP contribution in [0.15, 0.2) is 54.6 Å². The van der Waals surface area contributed by atoms with Crippen molar-refractivity contribution < 1.29 is 31.8 Å². The minimum absolute atomic E-state index is 0.00269. The second-order valence-corrected chi connectivity index (χ2v) is 5.25. The van der Waals surface area contributed by atoms with E-state index < -0.39 is 23.9 Å². The lowest BCUT2D eigenvalue weighted by molar-refractivity contribution is -0.275. The van der Waals surface area contributed by atoms with Gasteiger partial charge in [0.2, 0.25) is 0 Å². The molecule has 0 aliphatic heterocycles. The van der Waals surface area contributed by atoms with Gasteiger partial charge in [-0.15, -0.1) is 13.2 Å². The second kappa shape index (κ2) is 7.38. The lowest BCUT2D eigenvalue weighted by Gasteiger charge is -2.11. The molecule has 3 nitrogen and oxygen atoms in total. The highest BCUT2D eigenvalue weighted by Gasteiger charge is 2.32. The Labute approximate surface area is 141 Å². The summed E-state index contributed by atoms with van der Waals surface area (Å²) in [5, 5.41) is 0. The quantitative estimate of drug-likeness (QED) is 0.430. The van der Waals surface area contributed by atoms with Crippen molar-refractivity contribution in [1.29, 1.82) is 0 Å². The van der Waals surface area contributed by atoms with Crippen molar-refractivity contribution in [3.05, 3.63) is 66.0 Å². The van der Waals surface area contributed by atoms with Gasteiger partial charge in [0.15, 0.2) is 11.6 Å². The van der Waals surface area contributed by atoms with Crippen LogP contribution in [0.3, 0.4) is 0 Å². The SMILES string of the molecule is C=C(C)C(=O)OCc1cccc(-c2ccc(OC(F)(F)F)c(F)c2)c1. The number of hydrogen-bond donors (Lipinski definition) is 0. The predicted octanol–water partition coefficient (Wildman–Crippen LogP) is 5.01. The summed E-state index contributed by atoms with van der Waals surface area (Å²) in [6.45, 7) is 4.98. The highest BCUT2D eigenvalue weighted by molar-refractivity contribution is 5.86. The molecular weight excluding hydrogens is 340 g/mol. The predicted molar refractivity (Wildman–Crippen MR) is 83.1 cm³/mol. The van der Waals surface area contributed by atoms with E-state index in [0.29, 0.717) is 16.7 Å². The first-order valence-corrected chi connectivity index (χ1v) is 7.13. The van der Waals surface area contributed by atoms with Gasteiger partial charge >= 0.3 is 12.3 Å². The number of carbonyl (C=O) groups excluding carboxylic acids is 1. The molecule has 0 heterocycles. The molecule has 0 aliphatic carbocycles. The van der Waals surface area contributed by atoms with E-state index in [0.717, 1.165) is 12.1 Å². The molecule has 25 heavy (non-hydrogen) atoms. The van der Waals surface area contributed by atoms with Gasteiger partial charge in [-0.25, -0.2) is 9.18 Å². The molecule has 0 aromatic heterocycles. The summed E-state index contributed by atoms with van der Waals surface area (Å²) in [5.41, 5.74) is 1.82. The van der Waals surface area contributed by atoms with Crippen LogP contribution >= 0.6 is 0 Å². The summed E-state index contributed by atoms with van der Waals surface area (Å²) in [6, 6.07) is 9.83. The van der Waals surface area contributed by atoms with E-state index in [4.69, 9.17) is 4.74 Å². The average Bonchev–Trinajstić information content (AvgIpc) is 2.53. The third kappa shape index (κ3) is 5.34. The summed E-state index contributed by atoms with van der Waals surface area (Å²) < 4.78 is 58.9. The number of rotatable bonds is 5. The van der Waals surface area contributed by atoms with Crippen molar-refractivity contribution in [2.45, 2.75) is 19.9 Å². The molecule has 0 bridgehead atoms. The van der Waals surface area contributed by atoms with Gasteiger partial charge in [0.25, 0.3) is 0 Å². The molecule has 7 heteroatoms. The largest absolute Gasteiger partial charge is 0.573 e. The molecule has 0 aliphatic rings. The van der Waals surface area contributed by atoms with Gasteiger partial charge < -0.3 is 9.47 Å². The molecule has 2 aromatic rings. The van der Waals surface area contributed by atoms with Gasteiger partial charge in [-0.2, -0.15) is 0 Å². The molecule has 2 aromatic carbocycles. The first kappa shape index (κ1) is 18.5. The smallest absolute Gasteiger partial charge is 0.457 e. The standard InChI is InChI=1S/C18H14F4O3/c1-11(2)17(23)24-10-12-4-3-5-13(8-12)14-6-7-16(15(19)9-14)25-18(20,21)22/h3-9H,1,10H2,2H3. The van der Waals surface area contributed by atoms with E-state index in [1.54, 1.807) is 24.3 Å². The number of carbonyl (C=O) groups is 1. The Balaban J connectivity index is 2.19. The highest BCUT2D eigenvalue weighted by Crippen LogP contribution is 2.30. The van der Waals surface area contributed by atoms with E-state index in [1.807, 2.05) is 0 Å². The Morgan fingerprint density at radius 3 is 2.40 bits per heavy atom. The number of alkyl halides is 3. The highest BCUT2D eigenvalue weighted by atomic mass is 19.4. The van der Waals surface area contributed by atoms with E-state index in [1.165, 1.54) is 13.0 Å².